The zero-order valence-corrected chi connectivity index (χ0v) is 18.8. The van der Waals surface area contributed by atoms with Gasteiger partial charge in [0.15, 0.2) is 0 Å². The van der Waals surface area contributed by atoms with Gasteiger partial charge in [0.05, 0.1) is 13.7 Å². The molecule has 1 atom stereocenters. The van der Waals surface area contributed by atoms with Gasteiger partial charge in [-0.15, -0.1) is 0 Å². The number of hydrogen-bond donors (Lipinski definition) is 1. The summed E-state index contributed by atoms with van der Waals surface area (Å²) >= 11 is 0. The largest absolute Gasteiger partial charge is 0.492 e. The van der Waals surface area contributed by atoms with E-state index in [1.54, 1.807) is 18.2 Å². The number of amides is 1. The van der Waals surface area contributed by atoms with Crippen LogP contribution in [0, 0.1) is 5.92 Å². The molecule has 0 aliphatic carbocycles. The number of nitrogens with one attached hydrogen (secondary N) is 1. The Hall–Kier alpha value is -2.08. The van der Waals surface area contributed by atoms with Crippen LogP contribution in [0.25, 0.3) is 0 Å². The van der Waals surface area contributed by atoms with Gasteiger partial charge in [-0.25, -0.2) is 4.79 Å². The lowest BCUT2D eigenvalue weighted by molar-refractivity contribution is -0.140. The molecule has 164 valence electrons. The highest BCUT2D eigenvalue weighted by Crippen LogP contribution is 2.27. The summed E-state index contributed by atoms with van der Waals surface area (Å²) in [4.78, 5) is 25.2. The molecule has 1 N–H and O–H groups in total. The first-order valence-corrected chi connectivity index (χ1v) is 10.6. The molecule has 1 amide bonds. The third-order valence-electron chi connectivity index (χ3n) is 4.58. The first kappa shape index (κ1) is 25.0. The molecule has 0 aliphatic heterocycles. The van der Waals surface area contributed by atoms with E-state index in [-0.39, 0.29) is 11.5 Å². The summed E-state index contributed by atoms with van der Waals surface area (Å²) in [7, 11) is 1.32. The molecule has 1 rings (SSSR count). The SMILES string of the molecule is CCCCC[C@](C)(OCCC)C(=O)Nc1ccc(OCC(C)C)c(C(=O)OC)c1. The summed E-state index contributed by atoms with van der Waals surface area (Å²) < 4.78 is 16.5. The number of carbonyl (C=O) groups excluding carboxylic acids is 2. The number of ether oxygens (including phenoxy) is 3. The van der Waals surface area contributed by atoms with Gasteiger partial charge in [-0.2, -0.15) is 0 Å². The molecule has 29 heavy (non-hydrogen) atoms. The van der Waals surface area contributed by atoms with E-state index in [2.05, 4.69) is 12.2 Å². The van der Waals surface area contributed by atoms with Crippen LogP contribution in [0.1, 0.15) is 77.1 Å². The van der Waals surface area contributed by atoms with Crippen molar-refractivity contribution in [3.8, 4) is 5.75 Å². The second kappa shape index (κ2) is 12.5. The fourth-order valence-corrected chi connectivity index (χ4v) is 2.81. The van der Waals surface area contributed by atoms with Crippen molar-refractivity contribution in [2.75, 3.05) is 25.6 Å². The quantitative estimate of drug-likeness (QED) is 0.359. The molecule has 1 aromatic carbocycles. The highest BCUT2D eigenvalue weighted by atomic mass is 16.5. The number of hydrogen-bond acceptors (Lipinski definition) is 5. The van der Waals surface area contributed by atoms with Crippen LogP contribution in [0.4, 0.5) is 5.69 Å². The molecule has 6 heteroatoms. The summed E-state index contributed by atoms with van der Waals surface area (Å²) in [6.07, 6.45) is 4.52. The summed E-state index contributed by atoms with van der Waals surface area (Å²) in [6.45, 7) is 11.0. The van der Waals surface area contributed by atoms with E-state index < -0.39 is 11.6 Å². The van der Waals surface area contributed by atoms with Gasteiger partial charge in [-0.05, 0) is 43.9 Å². The predicted octanol–water partition coefficient (Wildman–Crippen LogP) is 5.21. The zero-order valence-electron chi connectivity index (χ0n) is 18.8. The number of anilines is 1. The molecule has 0 heterocycles. The Labute approximate surface area is 175 Å². The van der Waals surface area contributed by atoms with Crippen molar-refractivity contribution in [1.29, 1.82) is 0 Å². The maximum Gasteiger partial charge on any atom is 0.341 e. The van der Waals surface area contributed by atoms with Crippen molar-refractivity contribution in [3.05, 3.63) is 23.8 Å². The van der Waals surface area contributed by atoms with E-state index in [9.17, 15) is 9.59 Å². The first-order chi connectivity index (χ1) is 13.8. The average Bonchev–Trinajstić information content (AvgIpc) is 2.70. The van der Waals surface area contributed by atoms with Gasteiger partial charge in [-0.3, -0.25) is 4.79 Å². The zero-order chi connectivity index (χ0) is 21.9. The summed E-state index contributed by atoms with van der Waals surface area (Å²) in [6, 6.07) is 5.00. The van der Waals surface area contributed by atoms with E-state index in [1.165, 1.54) is 7.11 Å². The second-order valence-electron chi connectivity index (χ2n) is 7.90. The lowest BCUT2D eigenvalue weighted by Crippen LogP contribution is -2.43. The van der Waals surface area contributed by atoms with Crippen molar-refractivity contribution in [3.63, 3.8) is 0 Å². The Morgan fingerprint density at radius 1 is 1.14 bits per heavy atom. The van der Waals surface area contributed by atoms with Crippen LogP contribution in [0.3, 0.4) is 0 Å². The van der Waals surface area contributed by atoms with Crippen LogP contribution in [-0.2, 0) is 14.3 Å². The molecule has 0 unspecified atom stereocenters. The lowest BCUT2D eigenvalue weighted by Gasteiger charge is -2.29. The molecule has 0 aliphatic rings. The number of esters is 1. The minimum atomic E-state index is -0.913. The van der Waals surface area contributed by atoms with E-state index in [0.717, 1.165) is 25.7 Å². The first-order valence-electron chi connectivity index (χ1n) is 10.6. The molecular formula is C23H37NO5. The highest BCUT2D eigenvalue weighted by Gasteiger charge is 2.33. The van der Waals surface area contributed by atoms with Gasteiger partial charge in [0.2, 0.25) is 0 Å². The van der Waals surface area contributed by atoms with E-state index >= 15 is 0 Å². The van der Waals surface area contributed by atoms with Crippen LogP contribution in [0.2, 0.25) is 0 Å². The van der Waals surface area contributed by atoms with Gasteiger partial charge >= 0.3 is 5.97 Å². The minimum Gasteiger partial charge on any atom is -0.492 e. The summed E-state index contributed by atoms with van der Waals surface area (Å²) in [5.41, 5.74) is -0.120. The number of benzene rings is 1. The van der Waals surface area contributed by atoms with Gasteiger partial charge in [0.1, 0.15) is 16.9 Å². The minimum absolute atomic E-state index is 0.214. The molecule has 0 spiro atoms. The smallest absolute Gasteiger partial charge is 0.341 e. The average molecular weight is 408 g/mol. The third kappa shape index (κ3) is 8.05. The van der Waals surface area contributed by atoms with Gasteiger partial charge in [-0.1, -0.05) is 47.0 Å². The van der Waals surface area contributed by atoms with Crippen LogP contribution in [-0.4, -0.2) is 37.8 Å². The monoisotopic (exact) mass is 407 g/mol. The summed E-state index contributed by atoms with van der Waals surface area (Å²) in [5.74, 6) is 0.0393. The Morgan fingerprint density at radius 2 is 1.86 bits per heavy atom. The van der Waals surface area contributed by atoms with Crippen molar-refractivity contribution < 1.29 is 23.8 Å². The van der Waals surface area contributed by atoms with E-state index in [0.29, 0.717) is 37.0 Å². The molecule has 0 saturated carbocycles. The molecular weight excluding hydrogens is 370 g/mol. The maximum absolute atomic E-state index is 13.0. The van der Waals surface area contributed by atoms with Crippen molar-refractivity contribution in [2.24, 2.45) is 5.92 Å². The number of rotatable bonds is 13. The number of unbranched alkanes of at least 4 members (excludes halogenated alkanes) is 2. The van der Waals surface area contributed by atoms with Crippen molar-refractivity contribution >= 4 is 17.6 Å². The van der Waals surface area contributed by atoms with Crippen LogP contribution in [0.15, 0.2) is 18.2 Å². The Balaban J connectivity index is 3.02. The summed E-state index contributed by atoms with van der Waals surface area (Å²) in [5, 5.41) is 2.90. The highest BCUT2D eigenvalue weighted by molar-refractivity contribution is 5.99. The van der Waals surface area contributed by atoms with Crippen molar-refractivity contribution in [2.45, 2.75) is 72.3 Å². The van der Waals surface area contributed by atoms with Crippen LogP contribution >= 0.6 is 0 Å². The fourth-order valence-electron chi connectivity index (χ4n) is 2.81. The number of methoxy groups -OCH3 is 1. The maximum atomic E-state index is 13.0. The molecule has 0 radical (unpaired) electrons. The molecule has 0 fully saturated rings. The molecule has 1 aromatic rings. The molecule has 0 bridgehead atoms. The number of carbonyl (C=O) groups is 2. The fraction of sp³-hybridized carbons (Fsp3) is 0.652. The lowest BCUT2D eigenvalue weighted by atomic mass is 9.96. The normalized spacial score (nSPS) is 13.1. The van der Waals surface area contributed by atoms with Gasteiger partial charge in [0, 0.05) is 12.3 Å². The predicted molar refractivity (Wildman–Crippen MR) is 116 cm³/mol. The van der Waals surface area contributed by atoms with E-state index in [4.69, 9.17) is 14.2 Å². The van der Waals surface area contributed by atoms with Gasteiger partial charge in [0.25, 0.3) is 5.91 Å². The Kier molecular flexibility index (Phi) is 10.7. The molecule has 0 aromatic heterocycles. The van der Waals surface area contributed by atoms with Crippen molar-refractivity contribution in [1.82, 2.24) is 0 Å². The second-order valence-corrected chi connectivity index (χ2v) is 7.90. The molecule has 0 saturated heterocycles. The topological polar surface area (TPSA) is 73.9 Å². The van der Waals surface area contributed by atoms with Crippen LogP contribution < -0.4 is 10.1 Å². The third-order valence-corrected chi connectivity index (χ3v) is 4.58. The van der Waals surface area contributed by atoms with Crippen LogP contribution in [0.5, 0.6) is 5.75 Å². The molecule has 6 nitrogen and oxygen atoms in total. The Bertz CT molecular complexity index is 659. The van der Waals surface area contributed by atoms with Gasteiger partial charge < -0.3 is 19.5 Å². The standard InChI is InChI=1S/C23H37NO5/c1-7-9-10-13-23(5,29-14-8-2)22(26)24-18-11-12-20(28-16-17(3)4)19(15-18)21(25)27-6/h11-12,15,17H,7-10,13-14,16H2,1-6H3,(H,24,26)/t23-/m0/s1. The Morgan fingerprint density at radius 3 is 2.45 bits per heavy atom. The van der Waals surface area contributed by atoms with E-state index in [1.807, 2.05) is 27.7 Å².